The van der Waals surface area contributed by atoms with E-state index in [1.807, 2.05) is 31.2 Å². The molecule has 0 bridgehead atoms. The van der Waals surface area contributed by atoms with Gasteiger partial charge < -0.3 is 10.2 Å². The predicted molar refractivity (Wildman–Crippen MR) is 88.8 cm³/mol. The van der Waals surface area contributed by atoms with Gasteiger partial charge in [-0.15, -0.1) is 11.3 Å². The molecule has 1 N–H and O–H groups in total. The number of rotatable bonds is 4. The van der Waals surface area contributed by atoms with E-state index in [0.29, 0.717) is 5.56 Å². The normalized spacial score (nSPS) is 10.2. The second kappa shape index (κ2) is 6.87. The van der Waals surface area contributed by atoms with E-state index in [1.165, 1.54) is 16.2 Å². The van der Waals surface area contributed by atoms with Gasteiger partial charge in [0.2, 0.25) is 5.91 Å². The van der Waals surface area contributed by atoms with Gasteiger partial charge in [-0.1, -0.05) is 17.7 Å². The first-order chi connectivity index (χ1) is 9.95. The maximum Gasteiger partial charge on any atom is 0.254 e. The average Bonchev–Trinajstić information content (AvgIpc) is 2.87. The van der Waals surface area contributed by atoms with Gasteiger partial charge in [0.1, 0.15) is 0 Å². The van der Waals surface area contributed by atoms with Crippen molar-refractivity contribution in [3.8, 4) is 0 Å². The van der Waals surface area contributed by atoms with Crippen LogP contribution in [0.25, 0.3) is 0 Å². The van der Waals surface area contributed by atoms with E-state index in [1.54, 1.807) is 18.5 Å². The van der Waals surface area contributed by atoms with Crippen molar-refractivity contribution >= 4 is 44.8 Å². The molecule has 0 fully saturated rings. The summed E-state index contributed by atoms with van der Waals surface area (Å²) < 4.78 is 0.892. The van der Waals surface area contributed by atoms with Crippen molar-refractivity contribution in [2.45, 2.75) is 6.92 Å². The molecule has 0 radical (unpaired) electrons. The Kier molecular flexibility index (Phi) is 5.14. The van der Waals surface area contributed by atoms with E-state index < -0.39 is 0 Å². The summed E-state index contributed by atoms with van der Waals surface area (Å²) in [5.74, 6) is -0.389. The highest BCUT2D eigenvalue weighted by Crippen LogP contribution is 2.21. The lowest BCUT2D eigenvalue weighted by Crippen LogP contribution is -2.34. The van der Waals surface area contributed by atoms with Gasteiger partial charge in [0.15, 0.2) is 0 Å². The Bertz CT molecular complexity index is 652. The van der Waals surface area contributed by atoms with Crippen LogP contribution in [0, 0.1) is 6.92 Å². The van der Waals surface area contributed by atoms with Gasteiger partial charge in [0.05, 0.1) is 15.9 Å². The van der Waals surface area contributed by atoms with Crippen LogP contribution < -0.4 is 5.32 Å². The summed E-state index contributed by atoms with van der Waals surface area (Å²) in [6.07, 6.45) is 0. The summed E-state index contributed by atoms with van der Waals surface area (Å²) in [7, 11) is 1.61. The number of nitrogens with zero attached hydrogens (tertiary/aromatic N) is 1. The van der Waals surface area contributed by atoms with Gasteiger partial charge >= 0.3 is 0 Å². The summed E-state index contributed by atoms with van der Waals surface area (Å²) >= 11 is 4.76. The molecule has 0 aliphatic rings. The highest BCUT2D eigenvalue weighted by molar-refractivity contribution is 9.11. The highest BCUT2D eigenvalue weighted by atomic mass is 79.9. The lowest BCUT2D eigenvalue weighted by atomic mass is 10.2. The van der Waals surface area contributed by atoms with Crippen molar-refractivity contribution < 1.29 is 9.59 Å². The number of aryl methyl sites for hydroxylation is 1. The second-order valence-corrected chi connectivity index (χ2v) is 7.01. The predicted octanol–water partition coefficient (Wildman–Crippen LogP) is 3.53. The third kappa shape index (κ3) is 4.41. The zero-order valence-electron chi connectivity index (χ0n) is 11.7. The molecule has 0 atom stereocenters. The van der Waals surface area contributed by atoms with Gasteiger partial charge in [-0.25, -0.2) is 0 Å². The van der Waals surface area contributed by atoms with E-state index in [4.69, 9.17) is 0 Å². The molecule has 21 heavy (non-hydrogen) atoms. The van der Waals surface area contributed by atoms with Crippen LogP contribution in [0.15, 0.2) is 39.5 Å². The van der Waals surface area contributed by atoms with Gasteiger partial charge in [-0.2, -0.15) is 0 Å². The molecule has 110 valence electrons. The van der Waals surface area contributed by atoms with Crippen LogP contribution in [-0.2, 0) is 4.79 Å². The molecule has 1 aromatic carbocycles. The smallest absolute Gasteiger partial charge is 0.254 e. The number of carbonyl (C=O) groups is 2. The molecule has 0 aliphatic heterocycles. The number of hydrogen-bond acceptors (Lipinski definition) is 3. The van der Waals surface area contributed by atoms with Gasteiger partial charge in [0.25, 0.3) is 5.91 Å². The number of halogens is 1. The van der Waals surface area contributed by atoms with E-state index in [9.17, 15) is 9.59 Å². The van der Waals surface area contributed by atoms with Gasteiger partial charge in [-0.05, 0) is 41.1 Å². The van der Waals surface area contributed by atoms with E-state index in [0.717, 1.165) is 15.0 Å². The van der Waals surface area contributed by atoms with Gasteiger partial charge in [-0.3, -0.25) is 9.59 Å². The van der Waals surface area contributed by atoms with Crippen LogP contribution in [0.2, 0.25) is 0 Å². The molecule has 1 aromatic heterocycles. The van der Waals surface area contributed by atoms with Crippen LogP contribution in [0.3, 0.4) is 0 Å². The number of carbonyl (C=O) groups excluding carboxylic acids is 2. The molecule has 2 rings (SSSR count). The molecule has 0 unspecified atom stereocenters. The fourth-order valence-corrected chi connectivity index (χ4v) is 2.90. The molecular formula is C15H15BrN2O2S. The first kappa shape index (κ1) is 15.7. The Morgan fingerprint density at radius 3 is 2.52 bits per heavy atom. The Balaban J connectivity index is 1.92. The maximum atomic E-state index is 12.1. The Morgan fingerprint density at radius 2 is 1.95 bits per heavy atom. The molecule has 0 saturated heterocycles. The zero-order chi connectivity index (χ0) is 15.4. The number of anilines is 1. The van der Waals surface area contributed by atoms with Crippen molar-refractivity contribution in [1.29, 1.82) is 0 Å². The SMILES string of the molecule is Cc1ccc(NC(=O)CN(C)C(=O)c2csc(Br)c2)cc1. The van der Waals surface area contributed by atoms with Crippen molar-refractivity contribution in [2.24, 2.45) is 0 Å². The highest BCUT2D eigenvalue weighted by Gasteiger charge is 2.16. The summed E-state index contributed by atoms with van der Waals surface area (Å²) in [6.45, 7) is 2.00. The lowest BCUT2D eigenvalue weighted by Gasteiger charge is -2.16. The Labute approximate surface area is 135 Å². The largest absolute Gasteiger partial charge is 0.332 e. The fraction of sp³-hybridized carbons (Fsp3) is 0.200. The quantitative estimate of drug-likeness (QED) is 0.899. The molecule has 0 saturated carbocycles. The van der Waals surface area contributed by atoms with Crippen LogP contribution in [-0.4, -0.2) is 30.3 Å². The van der Waals surface area contributed by atoms with Crippen molar-refractivity contribution in [1.82, 2.24) is 4.90 Å². The molecule has 2 aromatic rings. The van der Waals surface area contributed by atoms with Crippen molar-refractivity contribution in [2.75, 3.05) is 18.9 Å². The molecule has 1 heterocycles. The van der Waals surface area contributed by atoms with E-state index in [2.05, 4.69) is 21.2 Å². The second-order valence-electron chi connectivity index (χ2n) is 4.71. The molecule has 4 nitrogen and oxygen atoms in total. The standard InChI is InChI=1S/C15H15BrN2O2S/c1-10-3-5-12(6-4-10)17-14(19)8-18(2)15(20)11-7-13(16)21-9-11/h3-7,9H,8H2,1-2H3,(H,17,19). The topological polar surface area (TPSA) is 49.4 Å². The Morgan fingerprint density at radius 1 is 1.29 bits per heavy atom. The molecule has 2 amide bonds. The first-order valence-electron chi connectivity index (χ1n) is 6.32. The van der Waals surface area contributed by atoms with Crippen LogP contribution >= 0.6 is 27.3 Å². The summed E-state index contributed by atoms with van der Waals surface area (Å²) in [6, 6.07) is 9.28. The number of benzene rings is 1. The number of amides is 2. The molecule has 6 heteroatoms. The van der Waals surface area contributed by atoms with E-state index in [-0.39, 0.29) is 18.4 Å². The minimum absolute atomic E-state index is 0.0141. The van der Waals surface area contributed by atoms with Gasteiger partial charge in [0, 0.05) is 18.1 Å². The summed E-state index contributed by atoms with van der Waals surface area (Å²) in [5.41, 5.74) is 2.44. The Hall–Kier alpha value is -1.66. The van der Waals surface area contributed by atoms with Crippen LogP contribution in [0.5, 0.6) is 0 Å². The zero-order valence-corrected chi connectivity index (χ0v) is 14.1. The van der Waals surface area contributed by atoms with Crippen molar-refractivity contribution in [3.63, 3.8) is 0 Å². The monoisotopic (exact) mass is 366 g/mol. The van der Waals surface area contributed by atoms with E-state index >= 15 is 0 Å². The summed E-state index contributed by atoms with van der Waals surface area (Å²) in [4.78, 5) is 25.5. The third-order valence-electron chi connectivity index (χ3n) is 2.88. The van der Waals surface area contributed by atoms with Crippen LogP contribution in [0.1, 0.15) is 15.9 Å². The number of likely N-dealkylation sites (N-methyl/N-ethyl adjacent to an activating group) is 1. The summed E-state index contributed by atoms with van der Waals surface area (Å²) in [5, 5.41) is 4.54. The van der Waals surface area contributed by atoms with Crippen molar-refractivity contribution in [3.05, 3.63) is 50.6 Å². The average molecular weight is 367 g/mol. The number of thiophene rings is 1. The number of nitrogens with one attached hydrogen (secondary N) is 1. The lowest BCUT2D eigenvalue weighted by molar-refractivity contribution is -0.116. The molecule has 0 aliphatic carbocycles. The van der Waals surface area contributed by atoms with Crippen LogP contribution in [0.4, 0.5) is 5.69 Å². The minimum Gasteiger partial charge on any atom is -0.332 e. The molecular weight excluding hydrogens is 352 g/mol. The minimum atomic E-state index is -0.219. The fourth-order valence-electron chi connectivity index (χ4n) is 1.77. The number of hydrogen-bond donors (Lipinski definition) is 1. The maximum absolute atomic E-state index is 12.1. The first-order valence-corrected chi connectivity index (χ1v) is 7.99. The molecule has 0 spiro atoms. The third-order valence-corrected chi connectivity index (χ3v) is 4.38.